The number of Topliss-reactive ketones (excluding diaryl/α,β-unsaturated/α-hetero) is 1. The van der Waals surface area contributed by atoms with E-state index in [9.17, 15) is 14.7 Å². The largest absolute Gasteiger partial charge is 0.387 e. The molecule has 1 unspecified atom stereocenters. The summed E-state index contributed by atoms with van der Waals surface area (Å²) in [4.78, 5) is 25.3. The SMILES string of the molecule is CCN(CC(O)c1ccc(C)cc1)C(=O)Nc1ccc(C(C)=O)cc1. The maximum atomic E-state index is 12.4. The minimum atomic E-state index is -0.744. The molecule has 5 nitrogen and oxygen atoms in total. The van der Waals surface area contributed by atoms with Crippen molar-refractivity contribution in [2.24, 2.45) is 0 Å². The predicted molar refractivity (Wildman–Crippen MR) is 98.9 cm³/mol. The Morgan fingerprint density at radius 1 is 1.08 bits per heavy atom. The molecule has 2 amide bonds. The van der Waals surface area contributed by atoms with Crippen LogP contribution >= 0.6 is 0 Å². The van der Waals surface area contributed by atoms with Gasteiger partial charge in [-0.3, -0.25) is 4.79 Å². The number of urea groups is 1. The van der Waals surface area contributed by atoms with E-state index in [1.807, 2.05) is 38.1 Å². The van der Waals surface area contributed by atoms with Crippen LogP contribution in [0.1, 0.15) is 41.4 Å². The highest BCUT2D eigenvalue weighted by atomic mass is 16.3. The lowest BCUT2D eigenvalue weighted by atomic mass is 10.1. The third-order valence-corrected chi connectivity index (χ3v) is 4.07. The molecular weight excluding hydrogens is 316 g/mol. The Hall–Kier alpha value is -2.66. The molecule has 2 aromatic rings. The minimum Gasteiger partial charge on any atom is -0.387 e. The Kier molecular flexibility index (Phi) is 6.31. The van der Waals surface area contributed by atoms with Crippen molar-refractivity contribution in [3.05, 3.63) is 65.2 Å². The normalized spacial score (nSPS) is 11.7. The van der Waals surface area contributed by atoms with E-state index < -0.39 is 6.10 Å². The zero-order chi connectivity index (χ0) is 18.4. The third-order valence-electron chi connectivity index (χ3n) is 4.07. The van der Waals surface area contributed by atoms with Gasteiger partial charge in [-0.25, -0.2) is 4.79 Å². The Labute approximate surface area is 148 Å². The van der Waals surface area contributed by atoms with Gasteiger partial charge in [0, 0.05) is 17.8 Å². The number of aliphatic hydroxyl groups excluding tert-OH is 1. The molecule has 132 valence electrons. The van der Waals surface area contributed by atoms with Gasteiger partial charge in [0.2, 0.25) is 0 Å². The highest BCUT2D eigenvalue weighted by molar-refractivity contribution is 5.95. The van der Waals surface area contributed by atoms with Crippen LogP contribution in [-0.2, 0) is 0 Å². The highest BCUT2D eigenvalue weighted by Gasteiger charge is 2.17. The minimum absolute atomic E-state index is 0.0192. The molecule has 0 fully saturated rings. The Balaban J connectivity index is 2.00. The van der Waals surface area contributed by atoms with E-state index in [0.29, 0.717) is 17.8 Å². The van der Waals surface area contributed by atoms with Gasteiger partial charge in [-0.1, -0.05) is 29.8 Å². The van der Waals surface area contributed by atoms with Crippen molar-refractivity contribution in [2.45, 2.75) is 26.9 Å². The van der Waals surface area contributed by atoms with Crippen LogP contribution in [0, 0.1) is 6.92 Å². The molecule has 1 atom stereocenters. The second-order valence-corrected chi connectivity index (χ2v) is 6.03. The number of aryl methyl sites for hydroxylation is 1. The molecule has 2 N–H and O–H groups in total. The summed E-state index contributed by atoms with van der Waals surface area (Å²) >= 11 is 0. The molecule has 25 heavy (non-hydrogen) atoms. The fraction of sp³-hybridized carbons (Fsp3) is 0.300. The predicted octanol–water partition coefficient (Wildman–Crippen LogP) is 3.79. The number of amides is 2. The van der Waals surface area contributed by atoms with E-state index in [4.69, 9.17) is 0 Å². The second kappa shape index (κ2) is 8.44. The van der Waals surface area contributed by atoms with Gasteiger partial charge in [-0.15, -0.1) is 0 Å². The third kappa shape index (κ3) is 5.16. The number of nitrogens with one attached hydrogen (secondary N) is 1. The second-order valence-electron chi connectivity index (χ2n) is 6.03. The molecule has 0 saturated heterocycles. The molecule has 0 heterocycles. The molecule has 0 radical (unpaired) electrons. The number of carbonyl (C=O) groups is 2. The first kappa shape index (κ1) is 18.7. The summed E-state index contributed by atoms with van der Waals surface area (Å²) in [5, 5.41) is 13.2. The van der Waals surface area contributed by atoms with Gasteiger partial charge in [-0.2, -0.15) is 0 Å². The maximum Gasteiger partial charge on any atom is 0.321 e. The van der Waals surface area contributed by atoms with E-state index in [0.717, 1.165) is 11.1 Å². The molecule has 0 saturated carbocycles. The van der Waals surface area contributed by atoms with Crippen LogP contribution in [0.15, 0.2) is 48.5 Å². The number of carbonyl (C=O) groups excluding carboxylic acids is 2. The Morgan fingerprint density at radius 3 is 2.20 bits per heavy atom. The van der Waals surface area contributed by atoms with Crippen molar-refractivity contribution in [2.75, 3.05) is 18.4 Å². The fourth-order valence-corrected chi connectivity index (χ4v) is 2.45. The summed E-state index contributed by atoms with van der Waals surface area (Å²) in [5.41, 5.74) is 3.11. The van der Waals surface area contributed by atoms with Crippen molar-refractivity contribution in [3.63, 3.8) is 0 Å². The van der Waals surface area contributed by atoms with Crippen LogP contribution in [0.2, 0.25) is 0 Å². The standard InChI is InChI=1S/C20H24N2O3/c1-4-22(13-19(24)17-7-5-14(2)6-8-17)20(25)21-18-11-9-16(10-12-18)15(3)23/h5-12,19,24H,4,13H2,1-3H3,(H,21,25). The molecule has 5 heteroatoms. The first-order chi connectivity index (χ1) is 11.9. The number of ketones is 1. The van der Waals surface area contributed by atoms with Crippen LogP contribution in [0.3, 0.4) is 0 Å². The zero-order valence-corrected chi connectivity index (χ0v) is 14.8. The average Bonchev–Trinajstić information content (AvgIpc) is 2.60. The van der Waals surface area contributed by atoms with Crippen LogP contribution in [-0.4, -0.2) is 34.9 Å². The summed E-state index contributed by atoms with van der Waals surface area (Å²) < 4.78 is 0. The van der Waals surface area contributed by atoms with E-state index in [2.05, 4.69) is 5.32 Å². The topological polar surface area (TPSA) is 69.6 Å². The number of benzene rings is 2. The lowest BCUT2D eigenvalue weighted by Crippen LogP contribution is -2.37. The number of hydrogen-bond acceptors (Lipinski definition) is 3. The zero-order valence-electron chi connectivity index (χ0n) is 14.8. The summed E-state index contributed by atoms with van der Waals surface area (Å²) in [5.74, 6) is -0.0192. The molecule has 0 aliphatic heterocycles. The quantitative estimate of drug-likeness (QED) is 0.786. The number of hydrogen-bond donors (Lipinski definition) is 2. The van der Waals surface area contributed by atoms with Gasteiger partial charge in [-0.05, 0) is 50.6 Å². The Morgan fingerprint density at radius 2 is 1.68 bits per heavy atom. The molecule has 0 bridgehead atoms. The van der Waals surface area contributed by atoms with Gasteiger partial charge in [0.15, 0.2) is 5.78 Å². The van der Waals surface area contributed by atoms with E-state index in [1.165, 1.54) is 6.92 Å². The number of anilines is 1. The van der Waals surface area contributed by atoms with Crippen molar-refractivity contribution < 1.29 is 14.7 Å². The molecule has 0 aliphatic carbocycles. The van der Waals surface area contributed by atoms with Crippen molar-refractivity contribution in [3.8, 4) is 0 Å². The van der Waals surface area contributed by atoms with Crippen molar-refractivity contribution in [1.82, 2.24) is 4.90 Å². The molecule has 0 spiro atoms. The first-order valence-corrected chi connectivity index (χ1v) is 8.32. The lowest BCUT2D eigenvalue weighted by Gasteiger charge is -2.24. The number of aliphatic hydroxyl groups is 1. The molecule has 0 aliphatic rings. The highest BCUT2D eigenvalue weighted by Crippen LogP contribution is 2.16. The summed E-state index contributed by atoms with van der Waals surface area (Å²) in [6.45, 7) is 6.02. The number of likely N-dealkylation sites (N-methyl/N-ethyl adjacent to an activating group) is 1. The Bertz CT molecular complexity index is 724. The molecule has 2 aromatic carbocycles. The van der Waals surface area contributed by atoms with Gasteiger partial charge >= 0.3 is 6.03 Å². The number of rotatable bonds is 6. The lowest BCUT2D eigenvalue weighted by molar-refractivity contribution is 0.101. The summed E-state index contributed by atoms with van der Waals surface area (Å²) in [6.07, 6.45) is -0.744. The first-order valence-electron chi connectivity index (χ1n) is 8.32. The van der Waals surface area contributed by atoms with Gasteiger partial charge < -0.3 is 15.3 Å². The van der Waals surface area contributed by atoms with Crippen molar-refractivity contribution >= 4 is 17.5 Å². The average molecular weight is 340 g/mol. The maximum absolute atomic E-state index is 12.4. The van der Waals surface area contributed by atoms with E-state index in [1.54, 1.807) is 29.2 Å². The van der Waals surface area contributed by atoms with Crippen LogP contribution in [0.4, 0.5) is 10.5 Å². The summed E-state index contributed by atoms with van der Waals surface area (Å²) in [6, 6.07) is 14.1. The summed E-state index contributed by atoms with van der Waals surface area (Å²) in [7, 11) is 0. The van der Waals surface area contributed by atoms with Crippen LogP contribution < -0.4 is 5.32 Å². The smallest absolute Gasteiger partial charge is 0.321 e. The van der Waals surface area contributed by atoms with E-state index >= 15 is 0 Å². The van der Waals surface area contributed by atoms with Crippen LogP contribution in [0.25, 0.3) is 0 Å². The molecule has 2 rings (SSSR count). The van der Waals surface area contributed by atoms with Gasteiger partial charge in [0.05, 0.1) is 12.6 Å². The van der Waals surface area contributed by atoms with Gasteiger partial charge in [0.1, 0.15) is 0 Å². The fourth-order valence-electron chi connectivity index (χ4n) is 2.45. The van der Waals surface area contributed by atoms with Gasteiger partial charge in [0.25, 0.3) is 0 Å². The van der Waals surface area contributed by atoms with E-state index in [-0.39, 0.29) is 18.4 Å². The number of nitrogens with zero attached hydrogens (tertiary/aromatic N) is 1. The van der Waals surface area contributed by atoms with Crippen molar-refractivity contribution in [1.29, 1.82) is 0 Å². The molecular formula is C20H24N2O3. The van der Waals surface area contributed by atoms with Crippen LogP contribution in [0.5, 0.6) is 0 Å². The monoisotopic (exact) mass is 340 g/mol. The molecule has 0 aromatic heterocycles.